The molecule has 0 bridgehead atoms. The standard InChI is InChI=1S/C21H19ClF3NO3.BrH/c1-3-26(4-2)11-15-16(27)10-9-14-18(28)17(12-5-7-13(22)8-6-12)20(21(23,24)25)29-19(14)15;/h5-10,27H,3-4,11H2,1-2H3;1H. The topological polar surface area (TPSA) is 53.7 Å². The highest BCUT2D eigenvalue weighted by atomic mass is 79.9. The molecule has 0 aliphatic rings. The summed E-state index contributed by atoms with van der Waals surface area (Å²) in [5.41, 5.74) is -1.46. The summed E-state index contributed by atoms with van der Waals surface area (Å²) >= 11 is 5.82. The van der Waals surface area contributed by atoms with Crippen molar-refractivity contribution in [1.82, 2.24) is 4.90 Å². The minimum Gasteiger partial charge on any atom is -0.507 e. The lowest BCUT2D eigenvalue weighted by atomic mass is 10.00. The summed E-state index contributed by atoms with van der Waals surface area (Å²) < 4.78 is 46.7. The van der Waals surface area contributed by atoms with Gasteiger partial charge in [-0.05, 0) is 42.9 Å². The first-order valence-electron chi connectivity index (χ1n) is 9.04. The van der Waals surface area contributed by atoms with E-state index in [0.29, 0.717) is 18.1 Å². The van der Waals surface area contributed by atoms with E-state index in [-0.39, 0.29) is 51.4 Å². The first-order chi connectivity index (χ1) is 13.7. The zero-order valence-electron chi connectivity index (χ0n) is 16.2. The highest BCUT2D eigenvalue weighted by molar-refractivity contribution is 8.93. The molecule has 0 saturated heterocycles. The number of hydrogen-bond donors (Lipinski definition) is 1. The average molecular weight is 507 g/mol. The lowest BCUT2D eigenvalue weighted by Gasteiger charge is -2.20. The second kappa shape index (κ2) is 9.41. The van der Waals surface area contributed by atoms with Crippen LogP contribution in [0.5, 0.6) is 5.75 Å². The van der Waals surface area contributed by atoms with E-state index in [1.54, 1.807) is 0 Å². The minimum absolute atomic E-state index is 0. The van der Waals surface area contributed by atoms with Gasteiger partial charge in [-0.15, -0.1) is 17.0 Å². The van der Waals surface area contributed by atoms with Crippen molar-refractivity contribution in [2.75, 3.05) is 13.1 Å². The van der Waals surface area contributed by atoms with Gasteiger partial charge < -0.3 is 9.52 Å². The molecule has 3 aromatic rings. The Bertz CT molecular complexity index is 1090. The predicted octanol–water partition coefficient (Wildman–Crippen LogP) is 6.26. The molecule has 3 rings (SSSR count). The van der Waals surface area contributed by atoms with Crippen LogP contribution in [0.15, 0.2) is 45.6 Å². The van der Waals surface area contributed by atoms with Crippen LogP contribution in [-0.2, 0) is 12.7 Å². The summed E-state index contributed by atoms with van der Waals surface area (Å²) in [5, 5.41) is 10.6. The van der Waals surface area contributed by atoms with Gasteiger partial charge >= 0.3 is 6.18 Å². The van der Waals surface area contributed by atoms with Crippen molar-refractivity contribution in [2.45, 2.75) is 26.6 Å². The van der Waals surface area contributed by atoms with Crippen LogP contribution in [0, 0.1) is 0 Å². The minimum atomic E-state index is -4.90. The predicted molar refractivity (Wildman–Crippen MR) is 117 cm³/mol. The molecule has 0 fully saturated rings. The van der Waals surface area contributed by atoms with Crippen molar-refractivity contribution in [3.05, 3.63) is 63.0 Å². The molecule has 0 aliphatic carbocycles. The smallest absolute Gasteiger partial charge is 0.450 e. The number of alkyl halides is 3. The zero-order valence-corrected chi connectivity index (χ0v) is 18.7. The highest BCUT2D eigenvalue weighted by Crippen LogP contribution is 2.39. The maximum Gasteiger partial charge on any atom is 0.450 e. The molecule has 2 aromatic carbocycles. The Hall–Kier alpha value is -2.03. The Morgan fingerprint density at radius 1 is 1.07 bits per heavy atom. The van der Waals surface area contributed by atoms with Crippen molar-refractivity contribution >= 4 is 39.6 Å². The molecule has 0 spiro atoms. The maximum atomic E-state index is 13.8. The fourth-order valence-electron chi connectivity index (χ4n) is 3.21. The van der Waals surface area contributed by atoms with Crippen molar-refractivity contribution in [1.29, 1.82) is 0 Å². The Labute approximate surface area is 186 Å². The molecule has 1 aromatic heterocycles. The lowest BCUT2D eigenvalue weighted by Crippen LogP contribution is -2.23. The molecular formula is C21H20BrClF3NO3. The third-order valence-corrected chi connectivity index (χ3v) is 5.06. The molecule has 0 aliphatic heterocycles. The quantitative estimate of drug-likeness (QED) is 0.444. The summed E-state index contributed by atoms with van der Waals surface area (Å²) in [6, 6.07) is 8.07. The van der Waals surface area contributed by atoms with E-state index in [2.05, 4.69) is 0 Å². The Morgan fingerprint density at radius 2 is 1.67 bits per heavy atom. The van der Waals surface area contributed by atoms with Gasteiger partial charge in [-0.3, -0.25) is 9.69 Å². The van der Waals surface area contributed by atoms with E-state index in [1.807, 2.05) is 18.7 Å². The lowest BCUT2D eigenvalue weighted by molar-refractivity contribution is -0.152. The van der Waals surface area contributed by atoms with Gasteiger partial charge in [0.2, 0.25) is 11.2 Å². The number of rotatable bonds is 5. The van der Waals surface area contributed by atoms with Crippen LogP contribution in [0.2, 0.25) is 5.02 Å². The molecule has 0 atom stereocenters. The van der Waals surface area contributed by atoms with E-state index in [0.717, 1.165) is 0 Å². The molecule has 0 radical (unpaired) electrons. The van der Waals surface area contributed by atoms with Gasteiger partial charge in [-0.1, -0.05) is 37.6 Å². The Balaban J connectivity index is 0.00000320. The number of benzene rings is 2. The summed E-state index contributed by atoms with van der Waals surface area (Å²) in [6.45, 7) is 5.16. The number of halogens is 5. The Morgan fingerprint density at radius 3 is 2.20 bits per heavy atom. The zero-order chi connectivity index (χ0) is 21.3. The molecule has 162 valence electrons. The van der Waals surface area contributed by atoms with Crippen LogP contribution in [-0.4, -0.2) is 23.1 Å². The number of aromatic hydroxyl groups is 1. The SMILES string of the molecule is Br.CCN(CC)Cc1c(O)ccc2c(=O)c(-c3ccc(Cl)cc3)c(C(F)(F)F)oc12. The van der Waals surface area contributed by atoms with Gasteiger partial charge in [0.25, 0.3) is 0 Å². The monoisotopic (exact) mass is 505 g/mol. The fourth-order valence-corrected chi connectivity index (χ4v) is 3.33. The molecule has 9 heteroatoms. The number of hydrogen-bond acceptors (Lipinski definition) is 4. The second-order valence-corrected chi connectivity index (χ2v) is 6.98. The highest BCUT2D eigenvalue weighted by Gasteiger charge is 2.39. The van der Waals surface area contributed by atoms with E-state index in [9.17, 15) is 23.1 Å². The Kier molecular flexibility index (Phi) is 7.60. The van der Waals surface area contributed by atoms with Crippen molar-refractivity contribution < 1.29 is 22.7 Å². The molecule has 0 unspecified atom stereocenters. The van der Waals surface area contributed by atoms with E-state index in [4.69, 9.17) is 16.0 Å². The van der Waals surface area contributed by atoms with Gasteiger partial charge in [0.05, 0.1) is 16.5 Å². The number of nitrogens with zero attached hydrogens (tertiary/aromatic N) is 1. The largest absolute Gasteiger partial charge is 0.507 e. The van der Waals surface area contributed by atoms with Gasteiger partial charge in [0.15, 0.2) is 0 Å². The van der Waals surface area contributed by atoms with Gasteiger partial charge in [-0.2, -0.15) is 13.2 Å². The fraction of sp³-hybridized carbons (Fsp3) is 0.286. The number of phenolic OH excluding ortho intramolecular Hbond substituents is 1. The van der Waals surface area contributed by atoms with Crippen molar-refractivity contribution in [3.8, 4) is 16.9 Å². The normalized spacial score (nSPS) is 11.7. The molecule has 4 nitrogen and oxygen atoms in total. The van der Waals surface area contributed by atoms with Crippen LogP contribution in [0.25, 0.3) is 22.1 Å². The van der Waals surface area contributed by atoms with E-state index in [1.165, 1.54) is 36.4 Å². The van der Waals surface area contributed by atoms with E-state index < -0.39 is 22.9 Å². The average Bonchev–Trinajstić information content (AvgIpc) is 2.67. The first-order valence-corrected chi connectivity index (χ1v) is 9.42. The van der Waals surface area contributed by atoms with Crippen LogP contribution >= 0.6 is 28.6 Å². The van der Waals surface area contributed by atoms with Crippen LogP contribution < -0.4 is 5.43 Å². The summed E-state index contributed by atoms with van der Waals surface area (Å²) in [6.07, 6.45) is -4.90. The third kappa shape index (κ3) is 4.66. The van der Waals surface area contributed by atoms with Gasteiger partial charge in [0.1, 0.15) is 11.3 Å². The molecule has 0 saturated carbocycles. The summed E-state index contributed by atoms with van der Waals surface area (Å²) in [5.74, 6) is -1.62. The van der Waals surface area contributed by atoms with Gasteiger partial charge in [0, 0.05) is 11.6 Å². The second-order valence-electron chi connectivity index (χ2n) is 6.54. The maximum absolute atomic E-state index is 13.8. The van der Waals surface area contributed by atoms with Crippen molar-refractivity contribution in [3.63, 3.8) is 0 Å². The molecule has 0 amide bonds. The molecule has 30 heavy (non-hydrogen) atoms. The van der Waals surface area contributed by atoms with Crippen LogP contribution in [0.3, 0.4) is 0 Å². The summed E-state index contributed by atoms with van der Waals surface area (Å²) in [7, 11) is 0. The number of phenols is 1. The third-order valence-electron chi connectivity index (χ3n) is 4.81. The van der Waals surface area contributed by atoms with Gasteiger partial charge in [-0.25, -0.2) is 0 Å². The summed E-state index contributed by atoms with van der Waals surface area (Å²) in [4.78, 5) is 15.0. The molecular weight excluding hydrogens is 487 g/mol. The van der Waals surface area contributed by atoms with Crippen molar-refractivity contribution in [2.24, 2.45) is 0 Å². The van der Waals surface area contributed by atoms with E-state index >= 15 is 0 Å². The molecule has 1 N–H and O–H groups in total. The van der Waals surface area contributed by atoms with Crippen LogP contribution in [0.1, 0.15) is 25.2 Å². The molecule has 1 heterocycles. The van der Waals surface area contributed by atoms with Crippen LogP contribution in [0.4, 0.5) is 13.2 Å². The number of fused-ring (bicyclic) bond motifs is 1. The first kappa shape index (κ1) is 24.2.